The van der Waals surface area contributed by atoms with Gasteiger partial charge in [0.2, 0.25) is 11.2 Å². The first-order chi connectivity index (χ1) is 13.2. The van der Waals surface area contributed by atoms with Crippen molar-refractivity contribution in [2.45, 2.75) is 13.2 Å². The number of benzene rings is 2. The molecule has 1 aromatic heterocycles. The zero-order chi connectivity index (χ0) is 19.1. The van der Waals surface area contributed by atoms with Crippen LogP contribution in [-0.2, 0) is 18.0 Å². The molecule has 0 saturated heterocycles. The molecule has 0 aliphatic carbocycles. The van der Waals surface area contributed by atoms with Crippen LogP contribution in [0.5, 0.6) is 5.75 Å². The zero-order valence-corrected chi connectivity index (χ0v) is 14.3. The van der Waals surface area contributed by atoms with E-state index in [9.17, 15) is 9.59 Å². The third kappa shape index (κ3) is 4.83. The SMILES string of the molecule is N#Cc1cccc(C(=O)OCc2cc(=O)c(OCc3ccccc3)co2)c1. The van der Waals surface area contributed by atoms with Gasteiger partial charge in [0.1, 0.15) is 25.2 Å². The topological polar surface area (TPSA) is 89.5 Å². The van der Waals surface area contributed by atoms with Gasteiger partial charge < -0.3 is 13.9 Å². The predicted octanol–water partition coefficient (Wildman–Crippen LogP) is 3.45. The van der Waals surface area contributed by atoms with E-state index in [1.54, 1.807) is 18.2 Å². The van der Waals surface area contributed by atoms with Crippen LogP contribution in [0.25, 0.3) is 0 Å². The molecule has 0 amide bonds. The van der Waals surface area contributed by atoms with Crippen molar-refractivity contribution < 1.29 is 18.7 Å². The summed E-state index contributed by atoms with van der Waals surface area (Å²) in [5, 5.41) is 8.86. The Morgan fingerprint density at radius 1 is 1.04 bits per heavy atom. The molecule has 0 aliphatic rings. The molecule has 2 aromatic carbocycles. The first-order valence-corrected chi connectivity index (χ1v) is 8.11. The normalized spacial score (nSPS) is 10.0. The number of hydrogen-bond donors (Lipinski definition) is 0. The van der Waals surface area contributed by atoms with E-state index < -0.39 is 5.97 Å². The molecule has 6 nitrogen and oxygen atoms in total. The lowest BCUT2D eigenvalue weighted by Crippen LogP contribution is -2.10. The van der Waals surface area contributed by atoms with Gasteiger partial charge in [-0.05, 0) is 23.8 Å². The maximum atomic E-state index is 12.1. The minimum atomic E-state index is -0.612. The summed E-state index contributed by atoms with van der Waals surface area (Å²) in [5.74, 6) is -0.341. The lowest BCUT2D eigenvalue weighted by molar-refractivity contribution is 0.0442. The van der Waals surface area contributed by atoms with Crippen molar-refractivity contribution >= 4 is 5.97 Å². The van der Waals surface area contributed by atoms with Crippen LogP contribution in [0.3, 0.4) is 0 Å². The minimum Gasteiger partial charge on any atom is -0.482 e. The summed E-state index contributed by atoms with van der Waals surface area (Å²) in [7, 11) is 0. The minimum absolute atomic E-state index is 0.0793. The molecule has 134 valence electrons. The highest BCUT2D eigenvalue weighted by atomic mass is 16.5. The summed E-state index contributed by atoms with van der Waals surface area (Å²) in [6, 6.07) is 18.7. The Bertz CT molecular complexity index is 1030. The quantitative estimate of drug-likeness (QED) is 0.625. The Morgan fingerprint density at radius 2 is 1.85 bits per heavy atom. The lowest BCUT2D eigenvalue weighted by atomic mass is 10.1. The fourth-order valence-corrected chi connectivity index (χ4v) is 2.29. The molecule has 3 rings (SSSR count). The molecular formula is C21H15NO5. The van der Waals surface area contributed by atoms with Gasteiger partial charge in [-0.1, -0.05) is 36.4 Å². The highest BCUT2D eigenvalue weighted by molar-refractivity contribution is 5.89. The van der Waals surface area contributed by atoms with Crippen LogP contribution in [0.1, 0.15) is 27.2 Å². The van der Waals surface area contributed by atoms with Gasteiger partial charge in [-0.3, -0.25) is 4.79 Å². The first-order valence-electron chi connectivity index (χ1n) is 8.11. The van der Waals surface area contributed by atoms with Gasteiger partial charge >= 0.3 is 5.97 Å². The van der Waals surface area contributed by atoms with Crippen molar-refractivity contribution in [3.63, 3.8) is 0 Å². The van der Waals surface area contributed by atoms with Crippen LogP contribution in [-0.4, -0.2) is 5.97 Å². The number of rotatable bonds is 6. The van der Waals surface area contributed by atoms with Gasteiger partial charge in [0.15, 0.2) is 0 Å². The summed E-state index contributed by atoms with van der Waals surface area (Å²) in [6.07, 6.45) is 1.20. The maximum absolute atomic E-state index is 12.1. The van der Waals surface area contributed by atoms with Crippen molar-refractivity contribution in [1.82, 2.24) is 0 Å². The van der Waals surface area contributed by atoms with Crippen LogP contribution >= 0.6 is 0 Å². The van der Waals surface area contributed by atoms with E-state index in [-0.39, 0.29) is 35.7 Å². The van der Waals surface area contributed by atoms with Crippen LogP contribution in [0, 0.1) is 11.3 Å². The number of nitrogens with zero attached hydrogens (tertiary/aromatic N) is 1. The van der Waals surface area contributed by atoms with Gasteiger partial charge in [-0.2, -0.15) is 5.26 Å². The van der Waals surface area contributed by atoms with Gasteiger partial charge in [0.05, 0.1) is 17.2 Å². The summed E-state index contributed by atoms with van der Waals surface area (Å²) in [5.41, 5.74) is 1.17. The Balaban J connectivity index is 1.59. The van der Waals surface area contributed by atoms with E-state index in [4.69, 9.17) is 19.2 Å². The molecule has 27 heavy (non-hydrogen) atoms. The maximum Gasteiger partial charge on any atom is 0.338 e. The van der Waals surface area contributed by atoms with Crippen LogP contribution in [0.2, 0.25) is 0 Å². The van der Waals surface area contributed by atoms with Gasteiger partial charge in [0.25, 0.3) is 0 Å². The van der Waals surface area contributed by atoms with Crippen molar-refractivity contribution in [2.75, 3.05) is 0 Å². The number of hydrogen-bond acceptors (Lipinski definition) is 6. The van der Waals surface area contributed by atoms with Crippen LogP contribution < -0.4 is 10.2 Å². The lowest BCUT2D eigenvalue weighted by Gasteiger charge is -2.07. The highest BCUT2D eigenvalue weighted by Gasteiger charge is 2.11. The van der Waals surface area contributed by atoms with Crippen molar-refractivity contribution in [3.8, 4) is 11.8 Å². The molecular weight excluding hydrogens is 346 g/mol. The Kier molecular flexibility index (Phi) is 5.65. The fraction of sp³-hybridized carbons (Fsp3) is 0.0952. The molecule has 6 heteroatoms. The third-order valence-corrected chi connectivity index (χ3v) is 3.66. The molecule has 1 heterocycles. The summed E-state index contributed by atoms with van der Waals surface area (Å²) >= 11 is 0. The van der Waals surface area contributed by atoms with Gasteiger partial charge in [-0.15, -0.1) is 0 Å². The number of ether oxygens (including phenoxy) is 2. The molecule has 0 bridgehead atoms. The Hall–Kier alpha value is -3.85. The average Bonchev–Trinajstić information content (AvgIpc) is 2.72. The summed E-state index contributed by atoms with van der Waals surface area (Å²) in [6.45, 7) is 0.0407. The van der Waals surface area contributed by atoms with E-state index in [2.05, 4.69) is 0 Å². The molecule has 0 aliphatic heterocycles. The molecule has 0 atom stereocenters. The smallest absolute Gasteiger partial charge is 0.338 e. The summed E-state index contributed by atoms with van der Waals surface area (Å²) in [4.78, 5) is 24.1. The second kappa shape index (κ2) is 8.50. The number of carbonyl (C=O) groups is 1. The van der Waals surface area contributed by atoms with Crippen LogP contribution in [0.15, 0.2) is 76.1 Å². The molecule has 0 saturated carbocycles. The Labute approximate surface area is 155 Å². The van der Waals surface area contributed by atoms with E-state index in [0.717, 1.165) is 5.56 Å². The molecule has 3 aromatic rings. The van der Waals surface area contributed by atoms with Crippen molar-refractivity contribution in [3.05, 3.63) is 99.6 Å². The van der Waals surface area contributed by atoms with E-state index in [1.807, 2.05) is 36.4 Å². The second-order valence-corrected chi connectivity index (χ2v) is 5.62. The fourth-order valence-electron chi connectivity index (χ4n) is 2.29. The van der Waals surface area contributed by atoms with Gasteiger partial charge in [-0.25, -0.2) is 4.79 Å². The Morgan fingerprint density at radius 3 is 2.59 bits per heavy atom. The molecule has 0 N–H and O–H groups in total. The first kappa shape index (κ1) is 18.0. The molecule has 0 radical (unpaired) electrons. The standard InChI is InChI=1S/C21H15NO5/c22-11-16-7-4-8-17(9-16)21(24)27-13-18-10-19(23)20(14-25-18)26-12-15-5-2-1-3-6-15/h1-10,14H,12-13H2. The molecule has 0 unspecified atom stereocenters. The average molecular weight is 361 g/mol. The molecule has 0 fully saturated rings. The van der Waals surface area contributed by atoms with E-state index >= 15 is 0 Å². The number of esters is 1. The highest BCUT2D eigenvalue weighted by Crippen LogP contribution is 2.11. The number of carbonyl (C=O) groups excluding carboxylic acids is 1. The predicted molar refractivity (Wildman–Crippen MR) is 96.0 cm³/mol. The second-order valence-electron chi connectivity index (χ2n) is 5.62. The molecule has 0 spiro atoms. The zero-order valence-electron chi connectivity index (χ0n) is 14.3. The third-order valence-electron chi connectivity index (χ3n) is 3.66. The van der Waals surface area contributed by atoms with Crippen LogP contribution in [0.4, 0.5) is 0 Å². The summed E-state index contributed by atoms with van der Waals surface area (Å²) < 4.78 is 15.9. The monoisotopic (exact) mass is 361 g/mol. The van der Waals surface area contributed by atoms with Gasteiger partial charge in [0, 0.05) is 6.07 Å². The van der Waals surface area contributed by atoms with Crippen molar-refractivity contribution in [2.24, 2.45) is 0 Å². The van der Waals surface area contributed by atoms with E-state index in [1.165, 1.54) is 18.4 Å². The number of nitriles is 1. The van der Waals surface area contributed by atoms with E-state index in [0.29, 0.717) is 5.56 Å². The largest absolute Gasteiger partial charge is 0.482 e. The van der Waals surface area contributed by atoms with Crippen molar-refractivity contribution in [1.29, 1.82) is 5.26 Å².